The van der Waals surface area contributed by atoms with Crippen LogP contribution in [0.15, 0.2) is 30.0 Å². The van der Waals surface area contributed by atoms with Gasteiger partial charge in [0.1, 0.15) is 0 Å². The van der Waals surface area contributed by atoms with Gasteiger partial charge in [0, 0.05) is 59.9 Å². The molecule has 4 rings (SSSR count). The van der Waals surface area contributed by atoms with Crippen LogP contribution in [0.2, 0.25) is 0 Å². The maximum Gasteiger partial charge on any atom is 0.233 e. The molecule has 0 amide bonds. The van der Waals surface area contributed by atoms with Crippen molar-refractivity contribution >= 4 is 23.1 Å². The SMILES string of the molecule is Cc1c([C]=O)cc2cc(-c3cncs3)cn2c1C(C)N1CCC(N(C)C)CC1. The van der Waals surface area contributed by atoms with Gasteiger partial charge in [0.15, 0.2) is 0 Å². The average Bonchev–Trinajstić information content (AvgIpc) is 3.36. The van der Waals surface area contributed by atoms with Crippen LogP contribution in [0.25, 0.3) is 16.0 Å². The summed E-state index contributed by atoms with van der Waals surface area (Å²) in [5, 5.41) is 0. The van der Waals surface area contributed by atoms with Crippen LogP contribution in [0.1, 0.15) is 42.6 Å². The lowest BCUT2D eigenvalue weighted by Crippen LogP contribution is -2.43. The Hall–Kier alpha value is -2.02. The van der Waals surface area contributed by atoms with E-state index < -0.39 is 0 Å². The molecule has 0 N–H and O–H groups in total. The maximum atomic E-state index is 11.6. The van der Waals surface area contributed by atoms with Gasteiger partial charge in [-0.2, -0.15) is 0 Å². The third-order valence-corrected chi connectivity index (χ3v) is 7.01. The molecule has 1 unspecified atom stereocenters. The minimum Gasteiger partial charge on any atom is -0.318 e. The van der Waals surface area contributed by atoms with Crippen LogP contribution in [-0.4, -0.2) is 58.7 Å². The van der Waals surface area contributed by atoms with Crippen LogP contribution in [-0.2, 0) is 4.79 Å². The van der Waals surface area contributed by atoms with Crippen LogP contribution in [0.3, 0.4) is 0 Å². The first kappa shape index (κ1) is 19.3. The summed E-state index contributed by atoms with van der Waals surface area (Å²) in [5.74, 6) is 0. The van der Waals surface area contributed by atoms with Gasteiger partial charge in [-0.1, -0.05) is 0 Å². The number of nitrogens with zero attached hydrogens (tertiary/aromatic N) is 4. The summed E-state index contributed by atoms with van der Waals surface area (Å²) in [5.41, 5.74) is 6.91. The lowest BCUT2D eigenvalue weighted by atomic mass is 9.98. The molecule has 1 atom stereocenters. The number of thiazole rings is 1. The van der Waals surface area contributed by atoms with Gasteiger partial charge in [-0.05, 0) is 58.5 Å². The molecule has 147 valence electrons. The molecule has 0 saturated carbocycles. The second-order valence-corrected chi connectivity index (χ2v) is 8.85. The Kier molecular flexibility index (Phi) is 5.36. The van der Waals surface area contributed by atoms with E-state index >= 15 is 0 Å². The summed E-state index contributed by atoms with van der Waals surface area (Å²) in [4.78, 5) is 21.8. The second-order valence-electron chi connectivity index (χ2n) is 7.97. The number of hydrogen-bond donors (Lipinski definition) is 0. The number of pyridine rings is 1. The molecule has 3 aromatic heterocycles. The zero-order chi connectivity index (χ0) is 19.8. The molecule has 4 heterocycles. The van der Waals surface area contributed by atoms with E-state index in [1.54, 1.807) is 11.3 Å². The predicted molar refractivity (Wildman–Crippen MR) is 115 cm³/mol. The zero-order valence-electron chi connectivity index (χ0n) is 17.0. The van der Waals surface area contributed by atoms with E-state index in [-0.39, 0.29) is 6.04 Å². The minimum atomic E-state index is 0.237. The molecule has 0 spiro atoms. The highest BCUT2D eigenvalue weighted by Crippen LogP contribution is 2.33. The molecule has 0 bridgehead atoms. The monoisotopic (exact) mass is 395 g/mol. The number of likely N-dealkylation sites (tertiary alicyclic amines) is 1. The summed E-state index contributed by atoms with van der Waals surface area (Å²) in [7, 11) is 4.34. The van der Waals surface area contributed by atoms with Crippen molar-refractivity contribution in [2.75, 3.05) is 27.2 Å². The fourth-order valence-electron chi connectivity index (χ4n) is 4.45. The van der Waals surface area contributed by atoms with Crippen molar-refractivity contribution in [2.45, 2.75) is 38.8 Å². The number of hydrogen-bond acceptors (Lipinski definition) is 5. The Morgan fingerprint density at radius 3 is 2.64 bits per heavy atom. The van der Waals surface area contributed by atoms with Crippen molar-refractivity contribution in [1.29, 1.82) is 0 Å². The molecule has 1 saturated heterocycles. The van der Waals surface area contributed by atoms with Crippen LogP contribution >= 0.6 is 11.3 Å². The highest BCUT2D eigenvalue weighted by molar-refractivity contribution is 7.13. The van der Waals surface area contributed by atoms with Gasteiger partial charge in [0.2, 0.25) is 6.29 Å². The Bertz CT molecular complexity index is 968. The zero-order valence-corrected chi connectivity index (χ0v) is 17.8. The minimum absolute atomic E-state index is 0.237. The third-order valence-electron chi connectivity index (χ3n) is 6.19. The number of carbonyl (C=O) groups excluding carboxylic acids is 1. The first-order valence-corrected chi connectivity index (χ1v) is 10.7. The Morgan fingerprint density at radius 2 is 2.04 bits per heavy atom. The maximum absolute atomic E-state index is 11.6. The molecular formula is C22H27N4OS. The molecule has 1 aliphatic heterocycles. The van der Waals surface area contributed by atoms with Crippen molar-refractivity contribution in [3.05, 3.63) is 46.9 Å². The Labute approximate surface area is 170 Å². The number of fused-ring (bicyclic) bond motifs is 1. The van der Waals surface area contributed by atoms with E-state index in [2.05, 4.69) is 58.8 Å². The van der Waals surface area contributed by atoms with Crippen molar-refractivity contribution in [1.82, 2.24) is 19.2 Å². The lowest BCUT2D eigenvalue weighted by Gasteiger charge is -2.39. The first-order chi connectivity index (χ1) is 13.5. The number of aromatic nitrogens is 2. The van der Waals surface area contributed by atoms with E-state index in [9.17, 15) is 4.79 Å². The first-order valence-electron chi connectivity index (χ1n) is 9.82. The van der Waals surface area contributed by atoms with E-state index in [1.165, 1.54) is 18.5 Å². The van der Waals surface area contributed by atoms with Gasteiger partial charge >= 0.3 is 0 Å². The quantitative estimate of drug-likeness (QED) is 0.657. The predicted octanol–water partition coefficient (Wildman–Crippen LogP) is 3.92. The Morgan fingerprint density at radius 1 is 1.29 bits per heavy atom. The number of rotatable bonds is 5. The molecule has 1 radical (unpaired) electrons. The molecule has 6 heteroatoms. The molecule has 5 nitrogen and oxygen atoms in total. The molecule has 0 aliphatic carbocycles. The topological polar surface area (TPSA) is 40.9 Å². The smallest absolute Gasteiger partial charge is 0.233 e. The average molecular weight is 396 g/mol. The van der Waals surface area contributed by atoms with Gasteiger partial charge in [-0.25, -0.2) is 0 Å². The fraction of sp³-hybridized carbons (Fsp3) is 0.455. The van der Waals surface area contributed by atoms with Gasteiger partial charge in [0.25, 0.3) is 0 Å². The van der Waals surface area contributed by atoms with Crippen molar-refractivity contribution in [3.63, 3.8) is 0 Å². The highest BCUT2D eigenvalue weighted by Gasteiger charge is 2.27. The van der Waals surface area contributed by atoms with E-state index in [0.717, 1.165) is 34.6 Å². The largest absolute Gasteiger partial charge is 0.318 e. The van der Waals surface area contributed by atoms with Crippen molar-refractivity contribution < 1.29 is 4.79 Å². The fourth-order valence-corrected chi connectivity index (χ4v) is 5.06. The molecule has 1 fully saturated rings. The van der Waals surface area contributed by atoms with Crippen LogP contribution < -0.4 is 0 Å². The summed E-state index contributed by atoms with van der Waals surface area (Å²) in [6, 6.07) is 4.98. The van der Waals surface area contributed by atoms with Gasteiger partial charge in [0.05, 0.1) is 10.4 Å². The van der Waals surface area contributed by atoms with E-state index in [0.29, 0.717) is 11.6 Å². The van der Waals surface area contributed by atoms with Crippen molar-refractivity contribution in [3.8, 4) is 10.4 Å². The Balaban J connectivity index is 1.74. The summed E-state index contributed by atoms with van der Waals surface area (Å²) in [6.07, 6.45) is 8.59. The molecule has 3 aromatic rings. The summed E-state index contributed by atoms with van der Waals surface area (Å²) in [6.45, 7) is 6.45. The highest BCUT2D eigenvalue weighted by atomic mass is 32.1. The van der Waals surface area contributed by atoms with Crippen LogP contribution in [0.4, 0.5) is 0 Å². The molecular weight excluding hydrogens is 368 g/mol. The van der Waals surface area contributed by atoms with Crippen LogP contribution in [0.5, 0.6) is 0 Å². The van der Waals surface area contributed by atoms with E-state index in [4.69, 9.17) is 0 Å². The van der Waals surface area contributed by atoms with Gasteiger partial charge in [-0.3, -0.25) is 14.7 Å². The molecule has 28 heavy (non-hydrogen) atoms. The third kappa shape index (κ3) is 3.41. The normalized spacial score (nSPS) is 17.5. The van der Waals surface area contributed by atoms with Crippen LogP contribution in [0, 0.1) is 6.92 Å². The summed E-state index contributed by atoms with van der Waals surface area (Å²) >= 11 is 1.63. The van der Waals surface area contributed by atoms with Gasteiger partial charge in [-0.15, -0.1) is 11.3 Å². The molecule has 1 aliphatic rings. The summed E-state index contributed by atoms with van der Waals surface area (Å²) < 4.78 is 2.26. The molecule has 0 aromatic carbocycles. The van der Waals surface area contributed by atoms with Gasteiger partial charge < -0.3 is 9.30 Å². The lowest BCUT2D eigenvalue weighted by molar-refractivity contribution is 0.112. The van der Waals surface area contributed by atoms with Crippen molar-refractivity contribution in [2.24, 2.45) is 0 Å². The second kappa shape index (κ2) is 7.78. The number of piperidine rings is 1. The standard InChI is InChI=1S/C22H27N4OS/c1-15-18(13-27)10-20-9-17(21-11-23-14-28-21)12-26(20)22(15)16(2)25-7-5-19(6-8-25)24(3)4/h9-12,14,16,19H,5-8H2,1-4H3. The van der Waals surface area contributed by atoms with E-state index in [1.807, 2.05) is 24.7 Å².